The molecule has 4 heteroatoms. The van der Waals surface area contributed by atoms with Gasteiger partial charge in [-0.1, -0.05) is 77.6 Å². The Balaban J connectivity index is 0. The Bertz CT molecular complexity index is 225. The van der Waals surface area contributed by atoms with Gasteiger partial charge in [-0.05, 0) is 19.9 Å². The van der Waals surface area contributed by atoms with E-state index in [2.05, 4.69) is 12.2 Å². The maximum absolute atomic E-state index is 10.5. The molecule has 0 aromatic rings. The van der Waals surface area contributed by atoms with Crippen LogP contribution in [0.25, 0.3) is 0 Å². The molecule has 0 amide bonds. The molecule has 3 nitrogen and oxygen atoms in total. The minimum Gasteiger partial charge on any atom is -0.548 e. The monoisotopic (exact) mass is 307 g/mol. The molecular formula is C17H34NNaO2. The Morgan fingerprint density at radius 3 is 1.62 bits per heavy atom. The van der Waals surface area contributed by atoms with Gasteiger partial charge in [0.15, 0.2) is 0 Å². The number of aliphatic carboxylic acids is 1. The number of carboxylic acids is 1. The van der Waals surface area contributed by atoms with Crippen molar-refractivity contribution in [1.82, 2.24) is 5.32 Å². The first-order valence-electron chi connectivity index (χ1n) is 8.62. The molecule has 0 aliphatic rings. The summed E-state index contributed by atoms with van der Waals surface area (Å²) in [5.41, 5.74) is 0. The van der Waals surface area contributed by atoms with Gasteiger partial charge in [0.25, 0.3) is 0 Å². The predicted molar refractivity (Wildman–Crippen MR) is 83.5 cm³/mol. The maximum Gasteiger partial charge on any atom is 1.00 e. The SMILES string of the molecule is CCCCCCCCCCCCCCN[C@@H](C)C(=O)[O-].[Na+]. The molecule has 120 valence electrons. The summed E-state index contributed by atoms with van der Waals surface area (Å²) in [4.78, 5) is 10.5. The molecule has 0 radical (unpaired) electrons. The summed E-state index contributed by atoms with van der Waals surface area (Å²) in [5, 5.41) is 13.4. The third-order valence-corrected chi connectivity index (χ3v) is 3.83. The van der Waals surface area contributed by atoms with Crippen LogP contribution in [0.5, 0.6) is 0 Å². The van der Waals surface area contributed by atoms with E-state index < -0.39 is 12.0 Å². The van der Waals surface area contributed by atoms with E-state index in [0.717, 1.165) is 13.0 Å². The number of hydrogen-bond acceptors (Lipinski definition) is 3. The van der Waals surface area contributed by atoms with Crippen LogP contribution in [0.2, 0.25) is 0 Å². The van der Waals surface area contributed by atoms with Crippen LogP contribution >= 0.6 is 0 Å². The fourth-order valence-corrected chi connectivity index (χ4v) is 2.37. The Hall–Kier alpha value is 0.430. The van der Waals surface area contributed by atoms with Gasteiger partial charge in [-0.15, -0.1) is 0 Å². The smallest absolute Gasteiger partial charge is 0.548 e. The van der Waals surface area contributed by atoms with E-state index >= 15 is 0 Å². The third kappa shape index (κ3) is 18.4. The van der Waals surface area contributed by atoms with E-state index in [0.29, 0.717) is 0 Å². The Labute approximate surface area is 153 Å². The van der Waals surface area contributed by atoms with E-state index in [4.69, 9.17) is 0 Å². The Morgan fingerprint density at radius 2 is 1.24 bits per heavy atom. The number of rotatable bonds is 15. The normalized spacial score (nSPS) is 11.9. The van der Waals surface area contributed by atoms with Crippen LogP contribution in [0.3, 0.4) is 0 Å². The van der Waals surface area contributed by atoms with Gasteiger partial charge < -0.3 is 15.2 Å². The number of nitrogens with one attached hydrogen (secondary N) is 1. The van der Waals surface area contributed by atoms with Gasteiger partial charge in [0.1, 0.15) is 0 Å². The van der Waals surface area contributed by atoms with E-state index in [1.807, 2.05) is 0 Å². The fourth-order valence-electron chi connectivity index (χ4n) is 2.37. The topological polar surface area (TPSA) is 52.2 Å². The molecule has 0 heterocycles. The predicted octanol–water partition coefficient (Wildman–Crippen LogP) is 0.420. The van der Waals surface area contributed by atoms with Gasteiger partial charge in [0.05, 0.1) is 5.97 Å². The zero-order valence-electron chi connectivity index (χ0n) is 14.6. The summed E-state index contributed by atoms with van der Waals surface area (Å²) in [7, 11) is 0. The summed E-state index contributed by atoms with van der Waals surface area (Å²) < 4.78 is 0. The summed E-state index contributed by atoms with van der Waals surface area (Å²) in [6.07, 6.45) is 16.0. The molecule has 0 aromatic heterocycles. The van der Waals surface area contributed by atoms with Gasteiger partial charge in [-0.25, -0.2) is 0 Å². The quantitative estimate of drug-likeness (QED) is 0.352. The number of carboxylic acid groups (broad SMARTS) is 1. The first-order chi connectivity index (χ1) is 9.68. The van der Waals surface area contributed by atoms with Gasteiger partial charge in [0.2, 0.25) is 0 Å². The maximum atomic E-state index is 10.5. The average molecular weight is 307 g/mol. The van der Waals surface area contributed by atoms with E-state index in [1.54, 1.807) is 6.92 Å². The molecule has 0 aliphatic carbocycles. The van der Waals surface area contributed by atoms with E-state index in [1.165, 1.54) is 70.6 Å². The van der Waals surface area contributed by atoms with Crippen molar-refractivity contribution >= 4 is 5.97 Å². The zero-order chi connectivity index (χ0) is 15.1. The van der Waals surface area contributed by atoms with Crippen molar-refractivity contribution in [1.29, 1.82) is 0 Å². The second-order valence-corrected chi connectivity index (χ2v) is 5.88. The summed E-state index contributed by atoms with van der Waals surface area (Å²) in [6.45, 7) is 4.68. The number of unbranched alkanes of at least 4 members (excludes halogenated alkanes) is 11. The van der Waals surface area contributed by atoms with Crippen molar-refractivity contribution in [3.05, 3.63) is 0 Å². The van der Waals surface area contributed by atoms with Crippen molar-refractivity contribution in [2.24, 2.45) is 0 Å². The van der Waals surface area contributed by atoms with Crippen LogP contribution in [0, 0.1) is 0 Å². The molecule has 1 atom stereocenters. The average Bonchev–Trinajstić information content (AvgIpc) is 2.43. The number of hydrogen-bond donors (Lipinski definition) is 1. The largest absolute Gasteiger partial charge is 1.00 e. The summed E-state index contributed by atoms with van der Waals surface area (Å²) in [5.74, 6) is -1.01. The van der Waals surface area contributed by atoms with Crippen LogP contribution < -0.4 is 40.0 Å². The van der Waals surface area contributed by atoms with Gasteiger partial charge >= 0.3 is 29.6 Å². The van der Waals surface area contributed by atoms with Crippen LogP contribution in [0.1, 0.15) is 90.9 Å². The molecule has 0 unspecified atom stereocenters. The van der Waals surface area contributed by atoms with Crippen molar-refractivity contribution in [2.45, 2.75) is 96.9 Å². The molecule has 0 bridgehead atoms. The van der Waals surface area contributed by atoms with Crippen LogP contribution in [0.4, 0.5) is 0 Å². The van der Waals surface area contributed by atoms with Crippen molar-refractivity contribution in [3.8, 4) is 0 Å². The summed E-state index contributed by atoms with van der Waals surface area (Å²) >= 11 is 0. The molecule has 0 rings (SSSR count). The Morgan fingerprint density at radius 1 is 0.857 bits per heavy atom. The van der Waals surface area contributed by atoms with Crippen LogP contribution in [-0.2, 0) is 4.79 Å². The number of carbonyl (C=O) groups excluding carboxylic acids is 1. The van der Waals surface area contributed by atoms with Gasteiger partial charge in [-0.2, -0.15) is 0 Å². The molecule has 0 fully saturated rings. The molecule has 0 spiro atoms. The molecule has 1 N–H and O–H groups in total. The van der Waals surface area contributed by atoms with Crippen LogP contribution in [0.15, 0.2) is 0 Å². The first kappa shape index (κ1) is 23.7. The fraction of sp³-hybridized carbons (Fsp3) is 0.941. The molecule has 0 aromatic carbocycles. The zero-order valence-corrected chi connectivity index (χ0v) is 16.6. The molecule has 0 saturated carbocycles. The van der Waals surface area contributed by atoms with Crippen molar-refractivity contribution in [3.63, 3.8) is 0 Å². The second kappa shape index (κ2) is 18.5. The van der Waals surface area contributed by atoms with E-state index in [9.17, 15) is 9.90 Å². The molecule has 0 aliphatic heterocycles. The van der Waals surface area contributed by atoms with Crippen molar-refractivity contribution in [2.75, 3.05) is 6.54 Å². The first-order valence-corrected chi connectivity index (χ1v) is 8.62. The van der Waals surface area contributed by atoms with E-state index in [-0.39, 0.29) is 29.6 Å². The summed E-state index contributed by atoms with van der Waals surface area (Å²) in [6, 6.07) is -0.525. The third-order valence-electron chi connectivity index (χ3n) is 3.83. The minimum absolute atomic E-state index is 0. The van der Waals surface area contributed by atoms with Gasteiger partial charge in [0, 0.05) is 6.04 Å². The second-order valence-electron chi connectivity index (χ2n) is 5.88. The Kier molecular flexibility index (Phi) is 20.8. The standard InChI is InChI=1S/C17H35NO2.Na/c1-3-4-5-6-7-8-9-10-11-12-13-14-15-18-16(2)17(19)20;/h16,18H,3-15H2,1-2H3,(H,19,20);/q;+1/p-1/t16-;/m0./s1. The molecule has 21 heavy (non-hydrogen) atoms. The molecule has 0 saturated heterocycles. The number of carbonyl (C=O) groups is 1. The van der Waals surface area contributed by atoms with Crippen molar-refractivity contribution < 1.29 is 39.5 Å². The van der Waals surface area contributed by atoms with Crippen LogP contribution in [-0.4, -0.2) is 18.6 Å². The minimum atomic E-state index is -1.01. The molecular weight excluding hydrogens is 273 g/mol. The van der Waals surface area contributed by atoms with Gasteiger partial charge in [-0.3, -0.25) is 0 Å².